The Kier molecular flexibility index (Phi) is 5.34. The van der Waals surface area contributed by atoms with Crippen molar-refractivity contribution >= 4 is 44.0 Å². The molecule has 0 saturated carbocycles. The molecule has 0 unspecified atom stereocenters. The number of aromatic nitrogens is 1. The molecule has 6 aromatic carbocycles. The lowest BCUT2D eigenvalue weighted by Gasteiger charge is -2.22. The molecule has 3 nitrogen and oxygen atoms in total. The summed E-state index contributed by atoms with van der Waals surface area (Å²) in [6.45, 7) is 4.66. The number of furan rings is 2. The molecule has 222 valence electrons. The van der Waals surface area contributed by atoms with E-state index in [2.05, 4.69) is 135 Å². The van der Waals surface area contributed by atoms with Crippen molar-refractivity contribution in [1.82, 2.24) is 4.98 Å². The van der Waals surface area contributed by atoms with E-state index in [0.29, 0.717) is 5.71 Å². The second kappa shape index (κ2) is 9.54. The molecule has 10 rings (SSSR count). The predicted octanol–water partition coefficient (Wildman–Crippen LogP) is 12.2. The van der Waals surface area contributed by atoms with Crippen LogP contribution in [0.5, 0.6) is 0 Å². The molecule has 9 aromatic rings. The van der Waals surface area contributed by atoms with Gasteiger partial charge in [-0.15, -0.1) is 0 Å². The number of para-hydroxylation sites is 3. The van der Waals surface area contributed by atoms with Gasteiger partial charge < -0.3 is 8.83 Å². The molecule has 0 aliphatic heterocycles. The number of hydrogen-bond acceptors (Lipinski definition) is 3. The average molecular weight is 604 g/mol. The normalized spacial score (nSPS) is 13.5. The van der Waals surface area contributed by atoms with Gasteiger partial charge in [0.1, 0.15) is 16.7 Å². The summed E-state index contributed by atoms with van der Waals surface area (Å²) in [5.74, 6) is 0. The fraction of sp³-hybridized carbons (Fsp3) is 0.0682. The lowest BCUT2D eigenvalue weighted by atomic mass is 9.81. The maximum atomic E-state index is 6.60. The highest BCUT2D eigenvalue weighted by molar-refractivity contribution is 6.11. The van der Waals surface area contributed by atoms with Crippen molar-refractivity contribution in [2.45, 2.75) is 19.3 Å². The van der Waals surface area contributed by atoms with Crippen molar-refractivity contribution in [1.29, 1.82) is 0 Å². The number of fused-ring (bicyclic) bond motifs is 9. The van der Waals surface area contributed by atoms with Crippen molar-refractivity contribution in [2.24, 2.45) is 0 Å². The van der Waals surface area contributed by atoms with E-state index >= 15 is 0 Å². The van der Waals surface area contributed by atoms with Crippen molar-refractivity contribution in [3.8, 4) is 44.6 Å². The van der Waals surface area contributed by atoms with E-state index < -0.39 is 0 Å². The Morgan fingerprint density at radius 2 is 1.11 bits per heavy atom. The quantitative estimate of drug-likeness (QED) is 0.202. The Hall–Kier alpha value is -5.93. The van der Waals surface area contributed by atoms with Gasteiger partial charge in [0.2, 0.25) is 5.71 Å². The third-order valence-electron chi connectivity index (χ3n) is 10.1. The number of rotatable bonds is 3. The summed E-state index contributed by atoms with van der Waals surface area (Å²) in [4.78, 5) is 5.04. The number of nitrogens with zero attached hydrogens (tertiary/aromatic N) is 1. The molecule has 3 heteroatoms. The van der Waals surface area contributed by atoms with Crippen molar-refractivity contribution in [3.05, 3.63) is 151 Å². The van der Waals surface area contributed by atoms with E-state index in [1.807, 2.05) is 18.2 Å². The Morgan fingerprint density at radius 1 is 0.447 bits per heavy atom. The first-order valence-electron chi connectivity index (χ1n) is 16.1. The van der Waals surface area contributed by atoms with Crippen LogP contribution in [0.25, 0.3) is 88.6 Å². The molecule has 1 aliphatic carbocycles. The van der Waals surface area contributed by atoms with Crippen LogP contribution < -0.4 is 0 Å². The van der Waals surface area contributed by atoms with Crippen LogP contribution in [0.15, 0.2) is 148 Å². The second-order valence-corrected chi connectivity index (χ2v) is 13.1. The minimum atomic E-state index is -0.0405. The van der Waals surface area contributed by atoms with Crippen LogP contribution in [0.3, 0.4) is 0 Å². The molecule has 0 atom stereocenters. The van der Waals surface area contributed by atoms with Gasteiger partial charge in [0, 0.05) is 38.1 Å². The lowest BCUT2D eigenvalue weighted by molar-refractivity contribution is 0.655. The summed E-state index contributed by atoms with van der Waals surface area (Å²) >= 11 is 0. The van der Waals surface area contributed by atoms with Crippen molar-refractivity contribution in [2.75, 3.05) is 0 Å². The van der Waals surface area contributed by atoms with Crippen molar-refractivity contribution in [3.63, 3.8) is 0 Å². The molecule has 47 heavy (non-hydrogen) atoms. The van der Waals surface area contributed by atoms with Crippen LogP contribution in [-0.4, -0.2) is 4.98 Å². The van der Waals surface area contributed by atoms with Gasteiger partial charge in [-0.2, -0.15) is 0 Å². The third kappa shape index (κ3) is 3.77. The molecule has 3 aromatic heterocycles. The second-order valence-electron chi connectivity index (χ2n) is 13.1. The molecule has 0 radical (unpaired) electrons. The first-order chi connectivity index (χ1) is 23.0. The third-order valence-corrected chi connectivity index (χ3v) is 10.1. The molecule has 0 fully saturated rings. The van der Waals surface area contributed by atoms with E-state index in [9.17, 15) is 0 Å². The van der Waals surface area contributed by atoms with E-state index in [0.717, 1.165) is 60.7 Å². The fourth-order valence-corrected chi connectivity index (χ4v) is 7.76. The summed E-state index contributed by atoms with van der Waals surface area (Å²) in [5, 5.41) is 4.25. The predicted molar refractivity (Wildman–Crippen MR) is 193 cm³/mol. The molecule has 0 saturated heterocycles. The van der Waals surface area contributed by atoms with Gasteiger partial charge in [-0.1, -0.05) is 117 Å². The number of hydrogen-bond donors (Lipinski definition) is 0. The summed E-state index contributed by atoms with van der Waals surface area (Å²) < 4.78 is 12.9. The summed E-state index contributed by atoms with van der Waals surface area (Å²) in [5.41, 5.74) is 14.9. The smallest absolute Gasteiger partial charge is 0.227 e. The van der Waals surface area contributed by atoms with Crippen LogP contribution in [0, 0.1) is 0 Å². The van der Waals surface area contributed by atoms with Gasteiger partial charge in [-0.3, -0.25) is 0 Å². The molecule has 0 spiro atoms. The largest absolute Gasteiger partial charge is 0.455 e. The Balaban J connectivity index is 1.07. The summed E-state index contributed by atoms with van der Waals surface area (Å²) in [7, 11) is 0. The first kappa shape index (κ1) is 26.3. The van der Waals surface area contributed by atoms with Crippen molar-refractivity contribution < 1.29 is 8.83 Å². The van der Waals surface area contributed by atoms with E-state index in [1.165, 1.54) is 33.4 Å². The molecular weight excluding hydrogens is 574 g/mol. The van der Waals surface area contributed by atoms with Gasteiger partial charge in [0.25, 0.3) is 0 Å². The van der Waals surface area contributed by atoms with Gasteiger partial charge in [-0.05, 0) is 75.3 Å². The molecule has 0 bridgehead atoms. The molecule has 1 aliphatic rings. The zero-order chi connectivity index (χ0) is 31.3. The first-order valence-corrected chi connectivity index (χ1v) is 16.1. The van der Waals surface area contributed by atoms with Gasteiger partial charge in [-0.25, -0.2) is 4.98 Å². The molecule has 0 amide bonds. The Labute approximate surface area is 271 Å². The number of benzene rings is 6. The van der Waals surface area contributed by atoms with Crippen LogP contribution in [-0.2, 0) is 5.41 Å². The molecular formula is C44H29NO2. The maximum Gasteiger partial charge on any atom is 0.227 e. The Morgan fingerprint density at radius 3 is 2.02 bits per heavy atom. The number of pyridine rings is 1. The van der Waals surface area contributed by atoms with Gasteiger partial charge >= 0.3 is 0 Å². The summed E-state index contributed by atoms with van der Waals surface area (Å²) in [6.07, 6.45) is 0. The zero-order valence-corrected chi connectivity index (χ0v) is 26.0. The van der Waals surface area contributed by atoms with E-state index in [-0.39, 0.29) is 5.41 Å². The van der Waals surface area contributed by atoms with Crippen LogP contribution in [0.1, 0.15) is 25.0 Å². The monoisotopic (exact) mass is 603 g/mol. The SMILES string of the molecule is CC1(C)c2ccccc2-c2ccc(-c3cccc(-c4cccc5c4oc4nc(-c6cccc7c6oc6ccccc67)ccc45)c3)cc21. The minimum absolute atomic E-state index is 0.0405. The van der Waals surface area contributed by atoms with E-state index in [1.54, 1.807) is 0 Å². The van der Waals surface area contributed by atoms with Crippen LogP contribution in [0.2, 0.25) is 0 Å². The highest BCUT2D eigenvalue weighted by Gasteiger charge is 2.35. The lowest BCUT2D eigenvalue weighted by Crippen LogP contribution is -2.14. The van der Waals surface area contributed by atoms with Crippen LogP contribution >= 0.6 is 0 Å². The maximum absolute atomic E-state index is 6.60. The van der Waals surface area contributed by atoms with Gasteiger partial charge in [0.15, 0.2) is 0 Å². The molecule has 3 heterocycles. The standard InChI is InChI=1S/C44H29NO2/c1-44(2)37-18-5-3-12-30(37)31-21-20-27(25-38(31)44)26-10-7-11-28(24-26)29-14-8-16-34-35-22-23-39(45-43(35)47-41(29)34)36-17-9-15-33-32-13-4-6-19-40(32)46-42(33)36/h3-25H,1-2H3. The Bertz CT molecular complexity index is 2720. The zero-order valence-electron chi connectivity index (χ0n) is 26.0. The average Bonchev–Trinajstić information content (AvgIpc) is 3.76. The van der Waals surface area contributed by atoms with Gasteiger partial charge in [0.05, 0.1) is 5.69 Å². The fourth-order valence-electron chi connectivity index (χ4n) is 7.76. The highest BCUT2D eigenvalue weighted by Crippen LogP contribution is 2.49. The summed E-state index contributed by atoms with van der Waals surface area (Å²) in [6, 6.07) is 49.5. The molecule has 0 N–H and O–H groups in total. The minimum Gasteiger partial charge on any atom is -0.455 e. The highest BCUT2D eigenvalue weighted by atomic mass is 16.3. The topological polar surface area (TPSA) is 39.2 Å². The van der Waals surface area contributed by atoms with E-state index in [4.69, 9.17) is 13.8 Å². The van der Waals surface area contributed by atoms with Crippen LogP contribution in [0.4, 0.5) is 0 Å².